The van der Waals surface area contributed by atoms with Gasteiger partial charge in [-0.25, -0.2) is 8.42 Å². The maximum atomic E-state index is 12.9. The number of anilines is 1. The van der Waals surface area contributed by atoms with Gasteiger partial charge in [0.15, 0.2) is 0 Å². The van der Waals surface area contributed by atoms with Crippen LogP contribution >= 0.6 is 0 Å². The van der Waals surface area contributed by atoms with E-state index in [-0.39, 0.29) is 5.91 Å². The Labute approximate surface area is 205 Å². The van der Waals surface area contributed by atoms with Crippen LogP contribution in [0.25, 0.3) is 11.1 Å². The molecule has 4 aromatic rings. The van der Waals surface area contributed by atoms with E-state index in [0.717, 1.165) is 27.8 Å². The number of nitrogens with zero attached hydrogens (tertiary/aromatic N) is 3. The van der Waals surface area contributed by atoms with Crippen molar-refractivity contribution in [3.05, 3.63) is 107 Å². The van der Waals surface area contributed by atoms with Crippen LogP contribution in [0.2, 0.25) is 0 Å². The van der Waals surface area contributed by atoms with Gasteiger partial charge in [-0.05, 0) is 58.5 Å². The Kier molecular flexibility index (Phi) is 6.13. The minimum absolute atomic E-state index is 0.185. The van der Waals surface area contributed by atoms with Crippen LogP contribution in [0.1, 0.15) is 27.0 Å². The summed E-state index contributed by atoms with van der Waals surface area (Å²) in [5.74, 6) is -0.185. The molecule has 0 fully saturated rings. The van der Waals surface area contributed by atoms with Crippen molar-refractivity contribution in [3.63, 3.8) is 0 Å². The lowest BCUT2D eigenvalue weighted by Crippen LogP contribution is -2.27. The van der Waals surface area contributed by atoms with Crippen molar-refractivity contribution in [1.82, 2.24) is 15.1 Å². The Hall–Kier alpha value is -3.91. The predicted molar refractivity (Wildman–Crippen MR) is 137 cm³/mol. The molecule has 1 N–H and O–H groups in total. The van der Waals surface area contributed by atoms with E-state index in [4.69, 9.17) is 0 Å². The fourth-order valence-corrected chi connectivity index (χ4v) is 5.42. The van der Waals surface area contributed by atoms with Gasteiger partial charge in [0.2, 0.25) is 10.0 Å². The molecule has 35 heavy (non-hydrogen) atoms. The molecule has 0 radical (unpaired) electrons. The molecule has 1 aliphatic rings. The van der Waals surface area contributed by atoms with Gasteiger partial charge in [0.25, 0.3) is 5.91 Å². The normalized spacial score (nSPS) is 13.0. The highest BCUT2D eigenvalue weighted by Gasteiger charge is 2.26. The van der Waals surface area contributed by atoms with E-state index in [0.29, 0.717) is 37.3 Å². The number of rotatable bonds is 7. The van der Waals surface area contributed by atoms with Crippen molar-refractivity contribution in [1.29, 1.82) is 0 Å². The molecule has 178 valence electrons. The monoisotopic (exact) mass is 486 g/mol. The van der Waals surface area contributed by atoms with Gasteiger partial charge in [0.1, 0.15) is 0 Å². The number of nitrogens with one attached hydrogen (secondary N) is 1. The number of hydrogen-bond donors (Lipinski definition) is 1. The average molecular weight is 487 g/mol. The lowest BCUT2D eigenvalue weighted by atomic mass is 9.98. The van der Waals surface area contributed by atoms with Gasteiger partial charge in [0.05, 0.1) is 18.5 Å². The fraction of sp³-hybridized carbons (Fsp3) is 0.185. The molecule has 1 aliphatic heterocycles. The summed E-state index contributed by atoms with van der Waals surface area (Å²) >= 11 is 0. The fourth-order valence-electron chi connectivity index (χ4n) is 4.46. The largest absolute Gasteiger partial charge is 0.348 e. The Morgan fingerprint density at radius 2 is 1.83 bits per heavy atom. The molecule has 3 aromatic carbocycles. The Bertz CT molecular complexity index is 1460. The number of carbonyl (C=O) groups excluding carboxylic acids is 1. The van der Waals surface area contributed by atoms with Gasteiger partial charge in [-0.2, -0.15) is 5.10 Å². The number of hydrogen-bond acceptors (Lipinski definition) is 4. The van der Waals surface area contributed by atoms with Crippen LogP contribution in [-0.4, -0.2) is 36.9 Å². The zero-order valence-corrected chi connectivity index (χ0v) is 20.2. The molecule has 0 bridgehead atoms. The van der Waals surface area contributed by atoms with E-state index in [1.54, 1.807) is 24.4 Å². The summed E-state index contributed by atoms with van der Waals surface area (Å²) in [6, 6.07) is 23.5. The van der Waals surface area contributed by atoms with E-state index >= 15 is 0 Å². The molecule has 0 atom stereocenters. The number of fused-ring (bicyclic) bond motifs is 1. The van der Waals surface area contributed by atoms with Gasteiger partial charge in [-0.15, -0.1) is 0 Å². The van der Waals surface area contributed by atoms with Crippen LogP contribution in [0.15, 0.2) is 85.2 Å². The van der Waals surface area contributed by atoms with E-state index in [9.17, 15) is 13.2 Å². The lowest BCUT2D eigenvalue weighted by Gasteiger charge is -2.16. The quantitative estimate of drug-likeness (QED) is 0.430. The van der Waals surface area contributed by atoms with Crippen LogP contribution in [0.3, 0.4) is 0 Å². The summed E-state index contributed by atoms with van der Waals surface area (Å²) in [5.41, 5.74) is 6.39. The summed E-state index contributed by atoms with van der Waals surface area (Å²) in [6.07, 6.45) is 5.51. The number of amides is 1. The minimum atomic E-state index is -3.31. The molecule has 0 saturated heterocycles. The number of sulfonamides is 1. The van der Waals surface area contributed by atoms with E-state index in [1.165, 1.54) is 10.6 Å². The second-order valence-corrected chi connectivity index (χ2v) is 10.6. The first kappa shape index (κ1) is 22.9. The van der Waals surface area contributed by atoms with Crippen LogP contribution in [0.5, 0.6) is 0 Å². The smallest absolute Gasteiger partial charge is 0.251 e. The molecular formula is C27H26N4O3S. The van der Waals surface area contributed by atoms with Gasteiger partial charge in [-0.3, -0.25) is 13.8 Å². The molecule has 0 aliphatic carbocycles. The number of aromatic nitrogens is 2. The third-order valence-corrected chi connectivity index (χ3v) is 7.40. The summed E-state index contributed by atoms with van der Waals surface area (Å²) in [5, 5.41) is 7.27. The number of benzene rings is 3. The summed E-state index contributed by atoms with van der Waals surface area (Å²) in [6.45, 7) is 1.51. The summed E-state index contributed by atoms with van der Waals surface area (Å²) < 4.78 is 27.2. The summed E-state index contributed by atoms with van der Waals surface area (Å²) in [4.78, 5) is 12.9. The molecule has 0 unspecified atom stereocenters. The second kappa shape index (κ2) is 9.38. The van der Waals surface area contributed by atoms with E-state index < -0.39 is 10.0 Å². The highest BCUT2D eigenvalue weighted by molar-refractivity contribution is 7.92. The highest BCUT2D eigenvalue weighted by Crippen LogP contribution is 2.31. The molecule has 0 spiro atoms. The van der Waals surface area contributed by atoms with Crippen molar-refractivity contribution in [2.24, 2.45) is 0 Å². The minimum Gasteiger partial charge on any atom is -0.348 e. The van der Waals surface area contributed by atoms with Crippen LogP contribution in [0, 0.1) is 0 Å². The molecular weight excluding hydrogens is 460 g/mol. The molecule has 5 rings (SSSR count). The topological polar surface area (TPSA) is 84.3 Å². The Morgan fingerprint density at radius 1 is 1.03 bits per heavy atom. The molecule has 7 nitrogen and oxygen atoms in total. The third-order valence-electron chi connectivity index (χ3n) is 6.22. The van der Waals surface area contributed by atoms with Gasteiger partial charge in [-0.1, -0.05) is 48.5 Å². The molecule has 1 aromatic heterocycles. The zero-order chi connectivity index (χ0) is 24.4. The standard InChI is InChI=1S/C27H26N4O3S/c1-35(33,34)31-16-13-22-17-23(11-12-26(22)31)27(32)28-18-24-5-2-3-6-25(24)21-9-7-20(8-10-21)19-30-15-4-14-29-30/h2-12,14-15,17H,13,16,18-19H2,1H3,(H,28,32). The van der Waals surface area contributed by atoms with E-state index in [2.05, 4.69) is 40.7 Å². The predicted octanol–water partition coefficient (Wildman–Crippen LogP) is 3.85. The molecule has 8 heteroatoms. The summed E-state index contributed by atoms with van der Waals surface area (Å²) in [7, 11) is -3.31. The van der Waals surface area contributed by atoms with Crippen molar-refractivity contribution >= 4 is 21.6 Å². The average Bonchev–Trinajstić information content (AvgIpc) is 3.52. The van der Waals surface area contributed by atoms with Gasteiger partial charge in [0, 0.05) is 31.0 Å². The first-order chi connectivity index (χ1) is 16.9. The van der Waals surface area contributed by atoms with Crippen molar-refractivity contribution < 1.29 is 13.2 Å². The third kappa shape index (κ3) is 4.97. The van der Waals surface area contributed by atoms with Crippen LogP contribution < -0.4 is 9.62 Å². The first-order valence-corrected chi connectivity index (χ1v) is 13.3. The maximum Gasteiger partial charge on any atom is 0.251 e. The maximum absolute atomic E-state index is 12.9. The van der Waals surface area contributed by atoms with Gasteiger partial charge < -0.3 is 5.32 Å². The van der Waals surface area contributed by atoms with Crippen LogP contribution in [0.4, 0.5) is 5.69 Å². The first-order valence-electron chi connectivity index (χ1n) is 11.4. The van der Waals surface area contributed by atoms with Crippen molar-refractivity contribution in [2.75, 3.05) is 17.1 Å². The number of carbonyl (C=O) groups is 1. The molecule has 1 amide bonds. The highest BCUT2D eigenvalue weighted by atomic mass is 32.2. The van der Waals surface area contributed by atoms with E-state index in [1.807, 2.05) is 35.1 Å². The van der Waals surface area contributed by atoms with Gasteiger partial charge >= 0.3 is 0 Å². The Morgan fingerprint density at radius 3 is 2.57 bits per heavy atom. The molecule has 2 heterocycles. The second-order valence-electron chi connectivity index (χ2n) is 8.67. The lowest BCUT2D eigenvalue weighted by molar-refractivity contribution is 0.0951. The van der Waals surface area contributed by atoms with Crippen molar-refractivity contribution in [3.8, 4) is 11.1 Å². The molecule has 0 saturated carbocycles. The SMILES string of the molecule is CS(=O)(=O)N1CCc2cc(C(=O)NCc3ccccc3-c3ccc(Cn4cccn4)cc3)ccc21. The van der Waals surface area contributed by atoms with Crippen LogP contribution in [-0.2, 0) is 29.5 Å². The zero-order valence-electron chi connectivity index (χ0n) is 19.4. The Balaban J connectivity index is 1.29. The van der Waals surface area contributed by atoms with Crippen molar-refractivity contribution in [2.45, 2.75) is 19.5 Å².